The summed E-state index contributed by atoms with van der Waals surface area (Å²) in [4.78, 5) is 11.8. The molecule has 1 unspecified atom stereocenters. The Bertz CT molecular complexity index is 519. The average molecular weight is 320 g/mol. The van der Waals surface area contributed by atoms with Crippen molar-refractivity contribution in [2.45, 2.75) is 54.1 Å². The van der Waals surface area contributed by atoms with Crippen LogP contribution in [0.15, 0.2) is 18.2 Å². The molecule has 1 amide bonds. The lowest BCUT2D eigenvalue weighted by molar-refractivity contribution is 0.0516. The third-order valence-electron chi connectivity index (χ3n) is 3.80. The second-order valence-electron chi connectivity index (χ2n) is 7.59. The fourth-order valence-electron chi connectivity index (χ4n) is 2.24. The van der Waals surface area contributed by atoms with Crippen molar-refractivity contribution in [1.29, 1.82) is 0 Å². The predicted octanol–water partition coefficient (Wildman–Crippen LogP) is 4.51. The summed E-state index contributed by atoms with van der Waals surface area (Å²) in [5.74, 6) is 0.796. The van der Waals surface area contributed by atoms with Gasteiger partial charge in [0.2, 0.25) is 0 Å². The van der Waals surface area contributed by atoms with Gasteiger partial charge in [0.05, 0.1) is 0 Å². The van der Waals surface area contributed by atoms with E-state index in [0.29, 0.717) is 18.4 Å². The Hall–Kier alpha value is -1.71. The summed E-state index contributed by atoms with van der Waals surface area (Å²) >= 11 is 0. The summed E-state index contributed by atoms with van der Waals surface area (Å²) in [5.41, 5.74) is 3.17. The van der Waals surface area contributed by atoms with Crippen molar-refractivity contribution in [2.24, 2.45) is 11.8 Å². The Morgan fingerprint density at radius 1 is 1.17 bits per heavy atom. The van der Waals surface area contributed by atoms with E-state index < -0.39 is 5.60 Å². The van der Waals surface area contributed by atoms with E-state index in [-0.39, 0.29) is 6.09 Å². The zero-order chi connectivity index (χ0) is 17.6. The number of anilines is 1. The summed E-state index contributed by atoms with van der Waals surface area (Å²) in [6, 6.07) is 6.40. The molecule has 0 spiro atoms. The molecule has 1 rings (SSSR count). The van der Waals surface area contributed by atoms with Gasteiger partial charge in [0, 0.05) is 18.8 Å². The topological polar surface area (TPSA) is 50.4 Å². The van der Waals surface area contributed by atoms with E-state index in [1.807, 2.05) is 20.8 Å². The number of amides is 1. The summed E-state index contributed by atoms with van der Waals surface area (Å²) in [5, 5.41) is 6.40. The number of ether oxygens (including phenoxy) is 1. The van der Waals surface area contributed by atoms with Crippen LogP contribution in [0, 0.1) is 25.7 Å². The van der Waals surface area contributed by atoms with Crippen molar-refractivity contribution in [1.82, 2.24) is 5.32 Å². The van der Waals surface area contributed by atoms with Crippen molar-refractivity contribution in [3.05, 3.63) is 29.3 Å². The van der Waals surface area contributed by atoms with E-state index in [1.165, 1.54) is 11.1 Å². The smallest absolute Gasteiger partial charge is 0.407 e. The molecular weight excluding hydrogens is 288 g/mol. The molecule has 23 heavy (non-hydrogen) atoms. The van der Waals surface area contributed by atoms with Crippen LogP contribution in [0.1, 0.15) is 45.7 Å². The summed E-state index contributed by atoms with van der Waals surface area (Å²) < 4.78 is 5.30. The van der Waals surface area contributed by atoms with Gasteiger partial charge >= 0.3 is 6.09 Å². The minimum Gasteiger partial charge on any atom is -0.444 e. The first-order valence-electron chi connectivity index (χ1n) is 8.36. The fraction of sp³-hybridized carbons (Fsp3) is 0.632. The van der Waals surface area contributed by atoms with Gasteiger partial charge in [0.15, 0.2) is 0 Å². The number of rotatable bonds is 6. The lowest BCUT2D eigenvalue weighted by Crippen LogP contribution is -2.38. The van der Waals surface area contributed by atoms with Crippen LogP contribution in [-0.2, 0) is 4.74 Å². The lowest BCUT2D eigenvalue weighted by Gasteiger charge is -2.25. The largest absolute Gasteiger partial charge is 0.444 e. The SMILES string of the molecule is Cc1ccc(C)c(NCC(CNC(=O)OC(C)(C)C)C(C)C)c1. The number of hydrogen-bond donors (Lipinski definition) is 2. The first-order valence-corrected chi connectivity index (χ1v) is 8.36. The van der Waals surface area contributed by atoms with Crippen LogP contribution in [0.25, 0.3) is 0 Å². The zero-order valence-corrected chi connectivity index (χ0v) is 15.6. The zero-order valence-electron chi connectivity index (χ0n) is 15.6. The van der Waals surface area contributed by atoms with Crippen LogP contribution in [0.3, 0.4) is 0 Å². The minimum absolute atomic E-state index is 0.336. The van der Waals surface area contributed by atoms with E-state index in [9.17, 15) is 4.79 Å². The Balaban J connectivity index is 2.56. The van der Waals surface area contributed by atoms with Gasteiger partial charge in [-0.3, -0.25) is 0 Å². The monoisotopic (exact) mass is 320 g/mol. The van der Waals surface area contributed by atoms with Crippen molar-refractivity contribution < 1.29 is 9.53 Å². The van der Waals surface area contributed by atoms with Gasteiger partial charge in [-0.05, 0) is 63.6 Å². The van der Waals surface area contributed by atoms with E-state index in [1.54, 1.807) is 0 Å². The standard InChI is InChI=1S/C19H32N2O2/c1-13(2)16(12-21-18(22)23-19(5,6)7)11-20-17-10-14(3)8-9-15(17)4/h8-10,13,16,20H,11-12H2,1-7H3,(H,21,22). The minimum atomic E-state index is -0.464. The number of carbonyl (C=O) groups is 1. The number of hydrogen-bond acceptors (Lipinski definition) is 3. The molecule has 0 aromatic heterocycles. The molecule has 0 aliphatic heterocycles. The van der Waals surface area contributed by atoms with Crippen LogP contribution in [0.5, 0.6) is 0 Å². The highest BCUT2D eigenvalue weighted by molar-refractivity contribution is 5.67. The number of alkyl carbamates (subject to hydrolysis) is 1. The summed E-state index contributed by atoms with van der Waals surface area (Å²) in [6.07, 6.45) is -0.352. The molecule has 1 atom stereocenters. The molecule has 4 heteroatoms. The molecule has 0 saturated carbocycles. The third-order valence-corrected chi connectivity index (χ3v) is 3.80. The van der Waals surface area contributed by atoms with E-state index in [4.69, 9.17) is 4.74 Å². The Morgan fingerprint density at radius 2 is 1.83 bits per heavy atom. The number of benzene rings is 1. The molecule has 2 N–H and O–H groups in total. The van der Waals surface area contributed by atoms with Crippen LogP contribution < -0.4 is 10.6 Å². The van der Waals surface area contributed by atoms with Crippen molar-refractivity contribution in [3.8, 4) is 0 Å². The first kappa shape index (κ1) is 19.3. The molecule has 0 radical (unpaired) electrons. The molecule has 0 heterocycles. The second-order valence-corrected chi connectivity index (χ2v) is 7.59. The van der Waals surface area contributed by atoms with Gasteiger partial charge in [-0.25, -0.2) is 4.79 Å². The average Bonchev–Trinajstić information content (AvgIpc) is 2.40. The van der Waals surface area contributed by atoms with E-state index >= 15 is 0 Å². The van der Waals surface area contributed by atoms with Gasteiger partial charge in [-0.15, -0.1) is 0 Å². The number of nitrogens with one attached hydrogen (secondary N) is 2. The molecule has 0 saturated heterocycles. The van der Waals surface area contributed by atoms with Crippen molar-refractivity contribution >= 4 is 11.8 Å². The van der Waals surface area contributed by atoms with Gasteiger partial charge in [-0.2, -0.15) is 0 Å². The van der Waals surface area contributed by atoms with Crippen LogP contribution in [0.2, 0.25) is 0 Å². The molecule has 130 valence electrons. The van der Waals surface area contributed by atoms with E-state index in [2.05, 4.69) is 56.5 Å². The van der Waals surface area contributed by atoms with Crippen LogP contribution in [-0.4, -0.2) is 24.8 Å². The van der Waals surface area contributed by atoms with Gasteiger partial charge in [0.1, 0.15) is 5.60 Å². The Kier molecular flexibility index (Phi) is 6.92. The maximum absolute atomic E-state index is 11.8. The Labute approximate surface area is 141 Å². The highest BCUT2D eigenvalue weighted by Gasteiger charge is 2.19. The highest BCUT2D eigenvalue weighted by atomic mass is 16.6. The first-order chi connectivity index (χ1) is 10.6. The number of aryl methyl sites for hydroxylation is 2. The normalized spacial score (nSPS) is 12.9. The molecule has 4 nitrogen and oxygen atoms in total. The highest BCUT2D eigenvalue weighted by Crippen LogP contribution is 2.18. The van der Waals surface area contributed by atoms with Gasteiger partial charge in [0.25, 0.3) is 0 Å². The fourth-order valence-corrected chi connectivity index (χ4v) is 2.24. The molecule has 0 fully saturated rings. The molecule has 1 aromatic carbocycles. The maximum atomic E-state index is 11.8. The molecule has 0 aliphatic rings. The Morgan fingerprint density at radius 3 is 2.39 bits per heavy atom. The van der Waals surface area contributed by atoms with Gasteiger partial charge < -0.3 is 15.4 Å². The molecule has 0 bridgehead atoms. The maximum Gasteiger partial charge on any atom is 0.407 e. The quantitative estimate of drug-likeness (QED) is 0.810. The van der Waals surface area contributed by atoms with Crippen LogP contribution >= 0.6 is 0 Å². The van der Waals surface area contributed by atoms with Gasteiger partial charge in [-0.1, -0.05) is 26.0 Å². The van der Waals surface area contributed by atoms with Crippen molar-refractivity contribution in [3.63, 3.8) is 0 Å². The predicted molar refractivity (Wildman–Crippen MR) is 97.0 cm³/mol. The van der Waals surface area contributed by atoms with Crippen LogP contribution in [0.4, 0.5) is 10.5 Å². The summed E-state index contributed by atoms with van der Waals surface area (Å²) in [6.45, 7) is 15.6. The van der Waals surface area contributed by atoms with E-state index in [0.717, 1.165) is 12.2 Å². The lowest BCUT2D eigenvalue weighted by atomic mass is 9.95. The molecule has 0 aliphatic carbocycles. The number of carbonyl (C=O) groups excluding carboxylic acids is 1. The van der Waals surface area contributed by atoms with Crippen molar-refractivity contribution in [2.75, 3.05) is 18.4 Å². The summed E-state index contributed by atoms with van der Waals surface area (Å²) in [7, 11) is 0. The second kappa shape index (κ2) is 8.23. The molecular formula is C19H32N2O2. The third kappa shape index (κ3) is 7.40. The molecule has 1 aromatic rings.